The lowest BCUT2D eigenvalue weighted by Gasteiger charge is -2.25. The standard InChI is InChI=1S/C34H44FNO5/c1-7-9-10-15-40-29-19-24(22-11-12-22)16-21(3)31(29)25-17-26(23-13-14-23)32(35)27(18-25)28(20-30(37)39-8-2)36-33(38)41-34(4,5)6/h7,16-19,22-23,28H,1,8-15,20H2,2-6H3,(H,36,38)/t28-/m0/s1. The number of hydrogen-bond donors (Lipinski definition) is 1. The molecule has 4 rings (SSSR count). The molecule has 2 aliphatic carbocycles. The molecule has 222 valence electrons. The van der Waals surface area contributed by atoms with E-state index in [1.807, 2.05) is 12.1 Å². The quantitative estimate of drug-likeness (QED) is 0.150. The number of amides is 1. The summed E-state index contributed by atoms with van der Waals surface area (Å²) in [4.78, 5) is 25.4. The van der Waals surface area contributed by atoms with Gasteiger partial charge in [0.2, 0.25) is 0 Å². The summed E-state index contributed by atoms with van der Waals surface area (Å²) < 4.78 is 33.2. The smallest absolute Gasteiger partial charge is 0.408 e. The number of esters is 1. The first-order valence-electron chi connectivity index (χ1n) is 14.9. The second-order valence-corrected chi connectivity index (χ2v) is 12.2. The third-order valence-electron chi connectivity index (χ3n) is 7.36. The van der Waals surface area contributed by atoms with Crippen LogP contribution in [0.5, 0.6) is 5.75 Å². The number of unbranched alkanes of at least 4 members (excludes halogenated alkanes) is 1. The molecule has 2 aliphatic rings. The predicted octanol–water partition coefficient (Wildman–Crippen LogP) is 8.42. The van der Waals surface area contributed by atoms with Gasteiger partial charge >= 0.3 is 12.1 Å². The Kier molecular flexibility index (Phi) is 9.77. The van der Waals surface area contributed by atoms with E-state index in [9.17, 15) is 9.59 Å². The Morgan fingerprint density at radius 3 is 2.44 bits per heavy atom. The molecule has 0 spiro atoms. The molecule has 1 N–H and O–H groups in total. The summed E-state index contributed by atoms with van der Waals surface area (Å²) in [5.74, 6) is 0.500. The number of halogens is 1. The third-order valence-corrected chi connectivity index (χ3v) is 7.36. The molecule has 0 bridgehead atoms. The van der Waals surface area contributed by atoms with Crippen LogP contribution in [0, 0.1) is 12.7 Å². The molecule has 0 radical (unpaired) electrons. The van der Waals surface area contributed by atoms with Gasteiger partial charge in [0.05, 0.1) is 25.7 Å². The van der Waals surface area contributed by atoms with E-state index >= 15 is 4.39 Å². The lowest BCUT2D eigenvalue weighted by atomic mass is 9.89. The number of rotatable bonds is 13. The first-order chi connectivity index (χ1) is 19.5. The fourth-order valence-corrected chi connectivity index (χ4v) is 5.16. The fraction of sp³-hybridized carbons (Fsp3) is 0.529. The molecule has 2 fully saturated rings. The van der Waals surface area contributed by atoms with E-state index in [0.29, 0.717) is 18.1 Å². The van der Waals surface area contributed by atoms with Gasteiger partial charge in [-0.25, -0.2) is 9.18 Å². The van der Waals surface area contributed by atoms with Crippen molar-refractivity contribution in [2.45, 2.75) is 103 Å². The molecule has 41 heavy (non-hydrogen) atoms. The summed E-state index contributed by atoms with van der Waals surface area (Å²) in [6, 6.07) is 7.03. The third kappa shape index (κ3) is 8.34. The SMILES string of the molecule is C=CCCCOc1cc(C2CC2)cc(C)c1-c1cc(C2CC2)c(F)c([C@H](CC(=O)OCC)NC(=O)OC(C)(C)C)c1. The van der Waals surface area contributed by atoms with E-state index in [1.54, 1.807) is 33.8 Å². The lowest BCUT2D eigenvalue weighted by Crippen LogP contribution is -2.36. The van der Waals surface area contributed by atoms with E-state index < -0.39 is 29.5 Å². The van der Waals surface area contributed by atoms with E-state index in [4.69, 9.17) is 14.2 Å². The maximum atomic E-state index is 16.2. The van der Waals surface area contributed by atoms with E-state index in [2.05, 4.69) is 31.0 Å². The number of aryl methyl sites for hydroxylation is 1. The Hall–Kier alpha value is -3.35. The van der Waals surface area contributed by atoms with Crippen LogP contribution in [0.25, 0.3) is 11.1 Å². The lowest BCUT2D eigenvalue weighted by molar-refractivity contribution is -0.143. The van der Waals surface area contributed by atoms with Crippen LogP contribution < -0.4 is 10.1 Å². The van der Waals surface area contributed by atoms with Crippen LogP contribution in [0.3, 0.4) is 0 Å². The van der Waals surface area contributed by atoms with Crippen molar-refractivity contribution in [1.82, 2.24) is 5.32 Å². The Labute approximate surface area is 243 Å². The minimum Gasteiger partial charge on any atom is -0.493 e. The monoisotopic (exact) mass is 565 g/mol. The maximum Gasteiger partial charge on any atom is 0.408 e. The molecule has 2 aromatic carbocycles. The van der Waals surface area contributed by atoms with Gasteiger partial charge in [-0.05, 0) is 125 Å². The zero-order chi connectivity index (χ0) is 29.7. The largest absolute Gasteiger partial charge is 0.493 e. The van der Waals surface area contributed by atoms with Gasteiger partial charge in [0.25, 0.3) is 0 Å². The highest BCUT2D eigenvalue weighted by molar-refractivity contribution is 5.78. The van der Waals surface area contributed by atoms with Crippen LogP contribution in [0.4, 0.5) is 9.18 Å². The molecule has 6 nitrogen and oxygen atoms in total. The van der Waals surface area contributed by atoms with Crippen molar-refractivity contribution in [2.75, 3.05) is 13.2 Å². The Bertz CT molecular complexity index is 1270. The highest BCUT2D eigenvalue weighted by Gasteiger charge is 2.33. The van der Waals surface area contributed by atoms with Gasteiger partial charge in [-0.15, -0.1) is 6.58 Å². The van der Waals surface area contributed by atoms with Gasteiger partial charge < -0.3 is 19.5 Å². The Morgan fingerprint density at radius 1 is 1.12 bits per heavy atom. The van der Waals surface area contributed by atoms with Crippen molar-refractivity contribution in [3.05, 3.63) is 65.0 Å². The molecule has 7 heteroatoms. The van der Waals surface area contributed by atoms with Gasteiger partial charge in [0.1, 0.15) is 17.2 Å². The van der Waals surface area contributed by atoms with Crippen molar-refractivity contribution < 1.29 is 28.2 Å². The summed E-state index contributed by atoms with van der Waals surface area (Å²) in [5, 5.41) is 2.75. The van der Waals surface area contributed by atoms with E-state index in [-0.39, 0.29) is 24.5 Å². The van der Waals surface area contributed by atoms with E-state index in [1.165, 1.54) is 18.4 Å². The van der Waals surface area contributed by atoms with Gasteiger partial charge in [-0.1, -0.05) is 12.1 Å². The number of carbonyl (C=O) groups is 2. The summed E-state index contributed by atoms with van der Waals surface area (Å²) in [6.45, 7) is 13.6. The molecule has 2 aromatic rings. The Balaban J connectivity index is 1.80. The van der Waals surface area contributed by atoms with Crippen LogP contribution in [-0.4, -0.2) is 30.9 Å². The summed E-state index contributed by atoms with van der Waals surface area (Å²) >= 11 is 0. The number of benzene rings is 2. The first kappa shape index (κ1) is 30.6. The topological polar surface area (TPSA) is 73.9 Å². The molecule has 0 heterocycles. The molecule has 1 atom stereocenters. The average molecular weight is 566 g/mol. The molecule has 0 unspecified atom stereocenters. The number of ether oxygens (including phenoxy) is 3. The number of hydrogen-bond acceptors (Lipinski definition) is 5. The maximum absolute atomic E-state index is 16.2. The van der Waals surface area contributed by atoms with Gasteiger partial charge in [-0.3, -0.25) is 4.79 Å². The second kappa shape index (κ2) is 13.1. The predicted molar refractivity (Wildman–Crippen MR) is 159 cm³/mol. The highest BCUT2D eigenvalue weighted by Crippen LogP contribution is 2.48. The fourth-order valence-electron chi connectivity index (χ4n) is 5.16. The summed E-state index contributed by atoms with van der Waals surface area (Å²) in [5.41, 5.74) is 4.12. The first-order valence-corrected chi connectivity index (χ1v) is 14.9. The molecule has 2 saturated carbocycles. The normalized spacial score (nSPS) is 15.7. The Morgan fingerprint density at radius 2 is 1.83 bits per heavy atom. The second-order valence-electron chi connectivity index (χ2n) is 12.2. The number of carbonyl (C=O) groups excluding carboxylic acids is 2. The average Bonchev–Trinajstić information content (AvgIpc) is 3.79. The zero-order valence-electron chi connectivity index (χ0n) is 25.1. The zero-order valence-corrected chi connectivity index (χ0v) is 25.1. The van der Waals surface area contributed by atoms with Crippen molar-refractivity contribution >= 4 is 12.1 Å². The van der Waals surface area contributed by atoms with Crippen LogP contribution in [0.2, 0.25) is 0 Å². The van der Waals surface area contributed by atoms with Gasteiger partial charge in [0.15, 0.2) is 0 Å². The summed E-state index contributed by atoms with van der Waals surface area (Å²) in [7, 11) is 0. The number of alkyl carbamates (subject to hydrolysis) is 1. The van der Waals surface area contributed by atoms with E-state index in [0.717, 1.165) is 48.1 Å². The van der Waals surface area contributed by atoms with Crippen LogP contribution in [-0.2, 0) is 14.3 Å². The number of nitrogens with one attached hydrogen (secondary N) is 1. The van der Waals surface area contributed by atoms with Crippen LogP contribution >= 0.6 is 0 Å². The molecular weight excluding hydrogens is 521 g/mol. The van der Waals surface area contributed by atoms with Crippen molar-refractivity contribution in [3.63, 3.8) is 0 Å². The number of allylic oxidation sites excluding steroid dienone is 1. The van der Waals surface area contributed by atoms with Crippen molar-refractivity contribution in [1.29, 1.82) is 0 Å². The van der Waals surface area contributed by atoms with Gasteiger partial charge in [0, 0.05) is 11.1 Å². The molecule has 0 aliphatic heterocycles. The summed E-state index contributed by atoms with van der Waals surface area (Å²) in [6.07, 6.45) is 6.78. The molecule has 1 amide bonds. The van der Waals surface area contributed by atoms with Crippen molar-refractivity contribution in [3.8, 4) is 16.9 Å². The van der Waals surface area contributed by atoms with Crippen LogP contribution in [0.1, 0.15) is 113 Å². The van der Waals surface area contributed by atoms with Crippen LogP contribution in [0.15, 0.2) is 36.9 Å². The van der Waals surface area contributed by atoms with Gasteiger partial charge in [-0.2, -0.15) is 0 Å². The highest BCUT2D eigenvalue weighted by atomic mass is 19.1. The molecule has 0 saturated heterocycles. The molecule has 0 aromatic heterocycles. The minimum atomic E-state index is -0.968. The van der Waals surface area contributed by atoms with Crippen molar-refractivity contribution in [2.24, 2.45) is 0 Å². The minimum absolute atomic E-state index is 0.0986. The molecular formula is C34H44FNO5.